The highest BCUT2D eigenvalue weighted by atomic mass is 79.9. The molecule has 0 radical (unpaired) electrons. The van der Waals surface area contributed by atoms with Gasteiger partial charge in [-0.1, -0.05) is 6.07 Å². The molecule has 4 nitrogen and oxygen atoms in total. The standard InChI is InChI=1S/C9H9BrN4/c10-8-13-12-7-2-1-6(5-14(7)8)9(11)3-4-9/h1-2,5H,3-4,11H2. The maximum Gasteiger partial charge on any atom is 0.204 e. The quantitative estimate of drug-likeness (QED) is 0.836. The average molecular weight is 253 g/mol. The summed E-state index contributed by atoms with van der Waals surface area (Å²) >= 11 is 3.34. The molecule has 5 heteroatoms. The zero-order chi connectivity index (χ0) is 9.76. The number of nitrogens with two attached hydrogens (primary N) is 1. The van der Waals surface area contributed by atoms with E-state index in [1.165, 1.54) is 0 Å². The van der Waals surface area contributed by atoms with Crippen molar-refractivity contribution < 1.29 is 0 Å². The van der Waals surface area contributed by atoms with E-state index in [0.29, 0.717) is 0 Å². The first kappa shape index (κ1) is 8.38. The van der Waals surface area contributed by atoms with Crippen LogP contribution in [0, 0.1) is 0 Å². The summed E-state index contributed by atoms with van der Waals surface area (Å²) in [6.45, 7) is 0. The van der Waals surface area contributed by atoms with Crippen molar-refractivity contribution in [1.82, 2.24) is 14.6 Å². The lowest BCUT2D eigenvalue weighted by atomic mass is 10.1. The number of rotatable bonds is 1. The molecule has 3 rings (SSSR count). The Morgan fingerprint density at radius 2 is 2.14 bits per heavy atom. The van der Waals surface area contributed by atoms with Gasteiger partial charge in [-0.15, -0.1) is 10.2 Å². The fraction of sp³-hybridized carbons (Fsp3) is 0.333. The number of halogens is 1. The van der Waals surface area contributed by atoms with Gasteiger partial charge in [0.1, 0.15) is 0 Å². The number of hydrogen-bond donors (Lipinski definition) is 1. The van der Waals surface area contributed by atoms with Crippen molar-refractivity contribution in [2.75, 3.05) is 0 Å². The highest BCUT2D eigenvalue weighted by Gasteiger charge is 2.40. The summed E-state index contributed by atoms with van der Waals surface area (Å²) in [6, 6.07) is 3.98. The summed E-state index contributed by atoms with van der Waals surface area (Å²) < 4.78 is 2.63. The van der Waals surface area contributed by atoms with Crippen LogP contribution in [0.4, 0.5) is 0 Å². The second-order valence-electron chi connectivity index (χ2n) is 3.77. The molecule has 0 aromatic carbocycles. The molecule has 0 bridgehead atoms. The number of nitrogens with zero attached hydrogens (tertiary/aromatic N) is 3. The number of hydrogen-bond acceptors (Lipinski definition) is 3. The third-order valence-corrected chi connectivity index (χ3v) is 3.26. The zero-order valence-electron chi connectivity index (χ0n) is 7.44. The molecule has 2 aromatic rings. The van der Waals surface area contributed by atoms with Crippen LogP contribution >= 0.6 is 15.9 Å². The van der Waals surface area contributed by atoms with E-state index in [1.807, 2.05) is 22.7 Å². The Morgan fingerprint density at radius 1 is 1.36 bits per heavy atom. The van der Waals surface area contributed by atoms with Crippen molar-refractivity contribution in [3.63, 3.8) is 0 Å². The van der Waals surface area contributed by atoms with Crippen LogP contribution in [0.1, 0.15) is 18.4 Å². The maximum atomic E-state index is 6.11. The smallest absolute Gasteiger partial charge is 0.204 e. The van der Waals surface area contributed by atoms with Crippen molar-refractivity contribution in [2.24, 2.45) is 5.73 Å². The third-order valence-electron chi connectivity index (χ3n) is 2.72. The van der Waals surface area contributed by atoms with Gasteiger partial charge < -0.3 is 5.73 Å². The van der Waals surface area contributed by atoms with Gasteiger partial charge in [-0.3, -0.25) is 4.40 Å². The van der Waals surface area contributed by atoms with Crippen LogP contribution in [0.15, 0.2) is 23.1 Å². The van der Waals surface area contributed by atoms with Gasteiger partial charge in [0.15, 0.2) is 5.65 Å². The molecule has 72 valence electrons. The largest absolute Gasteiger partial charge is 0.321 e. The van der Waals surface area contributed by atoms with E-state index in [0.717, 1.165) is 28.8 Å². The van der Waals surface area contributed by atoms with Gasteiger partial charge in [0, 0.05) is 11.7 Å². The van der Waals surface area contributed by atoms with Crippen molar-refractivity contribution in [2.45, 2.75) is 18.4 Å². The van der Waals surface area contributed by atoms with Gasteiger partial charge in [0.25, 0.3) is 0 Å². The monoisotopic (exact) mass is 252 g/mol. The van der Waals surface area contributed by atoms with E-state index < -0.39 is 0 Å². The Morgan fingerprint density at radius 3 is 2.86 bits per heavy atom. The first-order chi connectivity index (χ1) is 6.69. The molecule has 2 aromatic heterocycles. The minimum Gasteiger partial charge on any atom is -0.321 e. The minimum absolute atomic E-state index is 0.0993. The Bertz CT molecular complexity index is 500. The van der Waals surface area contributed by atoms with Gasteiger partial charge in [-0.2, -0.15) is 0 Å². The maximum absolute atomic E-state index is 6.11. The topological polar surface area (TPSA) is 56.2 Å². The Labute approximate surface area is 89.3 Å². The molecule has 0 aliphatic heterocycles. The van der Waals surface area contributed by atoms with Gasteiger partial charge in [-0.05, 0) is 40.4 Å². The lowest BCUT2D eigenvalue weighted by Crippen LogP contribution is -2.19. The molecular weight excluding hydrogens is 244 g/mol. The molecule has 1 saturated carbocycles. The molecule has 2 heterocycles. The minimum atomic E-state index is -0.0993. The second-order valence-corrected chi connectivity index (χ2v) is 4.48. The lowest BCUT2D eigenvalue weighted by molar-refractivity contribution is 0.732. The van der Waals surface area contributed by atoms with E-state index in [-0.39, 0.29) is 5.54 Å². The second kappa shape index (κ2) is 2.55. The molecule has 1 aliphatic carbocycles. The van der Waals surface area contributed by atoms with Crippen LogP contribution in [0.25, 0.3) is 5.65 Å². The van der Waals surface area contributed by atoms with Crippen molar-refractivity contribution in [3.8, 4) is 0 Å². The zero-order valence-corrected chi connectivity index (χ0v) is 9.03. The molecular formula is C9H9BrN4. The fourth-order valence-corrected chi connectivity index (χ4v) is 1.94. The van der Waals surface area contributed by atoms with E-state index in [9.17, 15) is 0 Å². The number of pyridine rings is 1. The van der Waals surface area contributed by atoms with Gasteiger partial charge >= 0.3 is 0 Å². The third kappa shape index (κ3) is 1.09. The highest BCUT2D eigenvalue weighted by Crippen LogP contribution is 2.42. The molecule has 0 spiro atoms. The summed E-state index contributed by atoms with van der Waals surface area (Å²) in [5.74, 6) is 0. The summed E-state index contributed by atoms with van der Waals surface area (Å²) in [5, 5.41) is 7.92. The van der Waals surface area contributed by atoms with Crippen LogP contribution in [-0.4, -0.2) is 14.6 Å². The number of fused-ring (bicyclic) bond motifs is 1. The molecule has 0 unspecified atom stereocenters. The normalized spacial score (nSPS) is 18.7. The SMILES string of the molecule is NC1(c2ccc3nnc(Br)n3c2)CC1. The van der Waals surface area contributed by atoms with E-state index in [2.05, 4.69) is 26.1 Å². The molecule has 14 heavy (non-hydrogen) atoms. The predicted octanol–water partition coefficient (Wildman–Crippen LogP) is 1.44. The average Bonchev–Trinajstić information content (AvgIpc) is 2.84. The van der Waals surface area contributed by atoms with Gasteiger partial charge in [0.05, 0.1) is 0 Å². The molecule has 1 fully saturated rings. The molecule has 0 saturated heterocycles. The number of aromatic nitrogens is 3. The fourth-order valence-electron chi connectivity index (χ4n) is 1.58. The first-order valence-corrected chi connectivity index (χ1v) is 5.28. The van der Waals surface area contributed by atoms with Crippen molar-refractivity contribution in [1.29, 1.82) is 0 Å². The van der Waals surface area contributed by atoms with E-state index in [4.69, 9.17) is 5.73 Å². The van der Waals surface area contributed by atoms with Crippen molar-refractivity contribution in [3.05, 3.63) is 28.6 Å². The summed E-state index contributed by atoms with van der Waals surface area (Å²) in [7, 11) is 0. The molecule has 1 aliphatic rings. The van der Waals surface area contributed by atoms with E-state index in [1.54, 1.807) is 0 Å². The van der Waals surface area contributed by atoms with Crippen LogP contribution in [-0.2, 0) is 5.54 Å². The first-order valence-electron chi connectivity index (χ1n) is 4.49. The summed E-state index contributed by atoms with van der Waals surface area (Å²) in [5.41, 5.74) is 8.00. The Kier molecular flexibility index (Phi) is 1.52. The summed E-state index contributed by atoms with van der Waals surface area (Å²) in [6.07, 6.45) is 4.14. The highest BCUT2D eigenvalue weighted by molar-refractivity contribution is 9.10. The van der Waals surface area contributed by atoms with Gasteiger partial charge in [-0.25, -0.2) is 0 Å². The van der Waals surface area contributed by atoms with E-state index >= 15 is 0 Å². The Balaban J connectivity index is 2.23. The van der Waals surface area contributed by atoms with Crippen LogP contribution in [0.5, 0.6) is 0 Å². The van der Waals surface area contributed by atoms with Crippen molar-refractivity contribution >= 4 is 21.6 Å². The van der Waals surface area contributed by atoms with Crippen LogP contribution < -0.4 is 5.73 Å². The predicted molar refractivity (Wildman–Crippen MR) is 55.8 cm³/mol. The Hall–Kier alpha value is -0.940. The van der Waals surface area contributed by atoms with Crippen LogP contribution in [0.2, 0.25) is 0 Å². The molecule has 2 N–H and O–H groups in total. The van der Waals surface area contributed by atoms with Crippen LogP contribution in [0.3, 0.4) is 0 Å². The lowest BCUT2D eigenvalue weighted by Gasteiger charge is -2.08. The molecule has 0 atom stereocenters. The summed E-state index contributed by atoms with van der Waals surface area (Å²) in [4.78, 5) is 0. The molecule has 0 amide bonds. The van der Waals surface area contributed by atoms with Gasteiger partial charge in [0.2, 0.25) is 4.73 Å².